The van der Waals surface area contributed by atoms with Gasteiger partial charge in [-0.05, 0) is 12.1 Å². The second-order valence-corrected chi connectivity index (χ2v) is 3.31. The summed E-state index contributed by atoms with van der Waals surface area (Å²) in [6.07, 6.45) is 0. The molecule has 0 fully saturated rings. The van der Waals surface area contributed by atoms with Crippen LogP contribution in [0.3, 0.4) is 0 Å². The predicted octanol–water partition coefficient (Wildman–Crippen LogP) is 0.890. The van der Waals surface area contributed by atoms with Gasteiger partial charge >= 0.3 is 0 Å². The molecule has 0 atom stereocenters. The molecule has 0 amide bonds. The molecule has 18 heavy (non-hydrogen) atoms. The lowest BCUT2D eigenvalue weighted by Gasteiger charge is -1.98. The molecule has 1 rings (SSSR count). The lowest BCUT2D eigenvalue weighted by Crippen LogP contribution is -2.26. The van der Waals surface area contributed by atoms with Crippen LogP contribution in [0, 0.1) is 10.1 Å². The number of rotatable bonds is 2. The molecule has 0 bridgehead atoms. The van der Waals surface area contributed by atoms with Gasteiger partial charge in [-0.1, -0.05) is 11.6 Å². The first kappa shape index (κ1) is 15.9. The largest absolute Gasteiger partial charge is 0.370 e. The smallest absolute Gasteiger partial charge is 0.290 e. The third-order valence-corrected chi connectivity index (χ3v) is 1.93. The molecule has 8 nitrogen and oxygen atoms in total. The third kappa shape index (κ3) is 4.44. The molecule has 0 aliphatic carbocycles. The molecule has 0 saturated carbocycles. The molecule has 1 aromatic carbocycles. The minimum absolute atomic E-state index is 0. The van der Waals surface area contributed by atoms with Crippen LogP contribution in [-0.2, 0) is 0 Å². The van der Waals surface area contributed by atoms with Crippen molar-refractivity contribution in [3.05, 3.63) is 33.3 Å². The highest BCUT2D eigenvalue weighted by atomic mass is 35.5. The van der Waals surface area contributed by atoms with Crippen LogP contribution in [-0.4, -0.2) is 16.8 Å². The Morgan fingerprint density at radius 2 is 1.94 bits per heavy atom. The molecule has 6 N–H and O–H groups in total. The van der Waals surface area contributed by atoms with Gasteiger partial charge in [-0.3, -0.25) is 10.1 Å². The van der Waals surface area contributed by atoms with E-state index in [2.05, 4.69) is 9.98 Å². The van der Waals surface area contributed by atoms with E-state index >= 15 is 0 Å². The van der Waals surface area contributed by atoms with Crippen molar-refractivity contribution in [2.45, 2.75) is 0 Å². The van der Waals surface area contributed by atoms with E-state index in [-0.39, 0.29) is 40.7 Å². The molecule has 0 spiro atoms. The fourth-order valence-corrected chi connectivity index (χ4v) is 1.19. The van der Waals surface area contributed by atoms with Gasteiger partial charge in [0.25, 0.3) is 5.69 Å². The van der Waals surface area contributed by atoms with Gasteiger partial charge in [0, 0.05) is 6.07 Å². The summed E-state index contributed by atoms with van der Waals surface area (Å²) in [4.78, 5) is 17.2. The van der Waals surface area contributed by atoms with Crippen LogP contribution in [0.2, 0.25) is 5.02 Å². The highest BCUT2D eigenvalue weighted by molar-refractivity contribution is 6.32. The fraction of sp³-hybridized carbons (Fsp3) is 0. The first-order valence-electron chi connectivity index (χ1n) is 4.28. The van der Waals surface area contributed by atoms with Crippen molar-refractivity contribution in [2.75, 3.05) is 0 Å². The average molecular weight is 293 g/mol. The Kier molecular flexibility index (Phi) is 5.86. The molecule has 10 heteroatoms. The summed E-state index contributed by atoms with van der Waals surface area (Å²) >= 11 is 5.62. The Balaban J connectivity index is 0.00000289. The van der Waals surface area contributed by atoms with Gasteiger partial charge in [0.2, 0.25) is 5.96 Å². The Hall–Kier alpha value is -2.06. The van der Waals surface area contributed by atoms with E-state index in [4.69, 9.17) is 28.8 Å². The highest BCUT2D eigenvalue weighted by Gasteiger charge is 2.12. The third-order valence-electron chi connectivity index (χ3n) is 1.61. The summed E-state index contributed by atoms with van der Waals surface area (Å²) in [7, 11) is 0. The van der Waals surface area contributed by atoms with Crippen molar-refractivity contribution in [1.82, 2.24) is 0 Å². The van der Waals surface area contributed by atoms with E-state index in [0.29, 0.717) is 0 Å². The molecule has 98 valence electrons. The number of nitro benzene ring substituents is 1. The molecule has 1 aromatic rings. The molecule has 0 saturated heterocycles. The number of halogens is 2. The fourth-order valence-electron chi connectivity index (χ4n) is 1.00. The van der Waals surface area contributed by atoms with Crippen molar-refractivity contribution in [3.8, 4) is 0 Å². The number of nitrogens with two attached hydrogens (primary N) is 3. The number of aliphatic imine (C=N–C) groups is 2. The lowest BCUT2D eigenvalue weighted by atomic mass is 10.3. The summed E-state index contributed by atoms with van der Waals surface area (Å²) < 4.78 is 0. The van der Waals surface area contributed by atoms with Gasteiger partial charge in [-0.25, -0.2) is 4.99 Å². The molecular weight excluding hydrogens is 283 g/mol. The number of benzene rings is 1. The summed E-state index contributed by atoms with van der Waals surface area (Å²) in [5, 5.41) is 10.6. The molecule has 0 aliphatic rings. The van der Waals surface area contributed by atoms with Gasteiger partial charge in [-0.2, -0.15) is 4.99 Å². The van der Waals surface area contributed by atoms with Crippen molar-refractivity contribution < 1.29 is 4.92 Å². The van der Waals surface area contributed by atoms with Gasteiger partial charge < -0.3 is 17.2 Å². The normalized spacial score (nSPS) is 10.4. The maximum atomic E-state index is 10.6. The molecule has 0 radical (unpaired) electrons. The van der Waals surface area contributed by atoms with Crippen LogP contribution in [0.25, 0.3) is 0 Å². The zero-order valence-corrected chi connectivity index (χ0v) is 10.5. The van der Waals surface area contributed by atoms with Crippen LogP contribution < -0.4 is 17.2 Å². The number of hydrogen-bond acceptors (Lipinski definition) is 3. The van der Waals surface area contributed by atoms with Gasteiger partial charge in [-0.15, -0.1) is 12.4 Å². The zero-order chi connectivity index (χ0) is 13.0. The zero-order valence-electron chi connectivity index (χ0n) is 8.91. The minimum Gasteiger partial charge on any atom is -0.370 e. The van der Waals surface area contributed by atoms with Crippen molar-refractivity contribution >= 4 is 47.3 Å². The number of nitro groups is 1. The number of guanidine groups is 2. The van der Waals surface area contributed by atoms with Crippen molar-refractivity contribution in [3.63, 3.8) is 0 Å². The lowest BCUT2D eigenvalue weighted by molar-refractivity contribution is -0.384. The van der Waals surface area contributed by atoms with Gasteiger partial charge in [0.15, 0.2) is 5.96 Å². The van der Waals surface area contributed by atoms with E-state index in [1.807, 2.05) is 0 Å². The first-order chi connectivity index (χ1) is 7.90. The van der Waals surface area contributed by atoms with Crippen LogP contribution in [0.5, 0.6) is 0 Å². The second kappa shape index (κ2) is 6.62. The van der Waals surface area contributed by atoms with Crippen LogP contribution >= 0.6 is 24.0 Å². The van der Waals surface area contributed by atoms with Crippen LogP contribution in [0.4, 0.5) is 11.4 Å². The van der Waals surface area contributed by atoms with Gasteiger partial charge in [0.05, 0.1) is 10.6 Å². The number of hydrogen-bond donors (Lipinski definition) is 3. The summed E-state index contributed by atoms with van der Waals surface area (Å²) in [5.41, 5.74) is 15.5. The van der Waals surface area contributed by atoms with E-state index < -0.39 is 4.92 Å². The molecule has 0 heterocycles. The quantitative estimate of drug-likeness (QED) is 0.320. The van der Waals surface area contributed by atoms with Crippen LogP contribution in [0.1, 0.15) is 0 Å². The summed E-state index contributed by atoms with van der Waals surface area (Å²) in [6, 6.07) is 3.95. The average Bonchev–Trinajstić information content (AvgIpc) is 2.19. The SMILES string of the molecule is Cl.NC(N)=NC(N)=Nc1ccc(Cl)c([N+](=O)[O-])c1. The monoisotopic (exact) mass is 292 g/mol. The Morgan fingerprint density at radius 3 is 2.44 bits per heavy atom. The van der Waals surface area contributed by atoms with Crippen LogP contribution in [0.15, 0.2) is 28.2 Å². The second-order valence-electron chi connectivity index (χ2n) is 2.90. The van der Waals surface area contributed by atoms with E-state index in [1.54, 1.807) is 0 Å². The van der Waals surface area contributed by atoms with Crippen molar-refractivity contribution in [1.29, 1.82) is 0 Å². The maximum Gasteiger partial charge on any atom is 0.290 e. The molecular formula is C8H10Cl2N6O2. The van der Waals surface area contributed by atoms with E-state index in [0.717, 1.165) is 6.07 Å². The molecule has 0 aliphatic heterocycles. The van der Waals surface area contributed by atoms with E-state index in [9.17, 15) is 10.1 Å². The van der Waals surface area contributed by atoms with Crippen molar-refractivity contribution in [2.24, 2.45) is 27.2 Å². The topological polar surface area (TPSA) is 146 Å². The first-order valence-corrected chi connectivity index (χ1v) is 4.65. The van der Waals surface area contributed by atoms with E-state index in [1.165, 1.54) is 12.1 Å². The highest BCUT2D eigenvalue weighted by Crippen LogP contribution is 2.28. The minimum atomic E-state index is -0.627. The summed E-state index contributed by atoms with van der Waals surface area (Å²) in [6.45, 7) is 0. The molecule has 0 unspecified atom stereocenters. The predicted molar refractivity (Wildman–Crippen MR) is 72.4 cm³/mol. The Labute approximate surface area is 113 Å². The Morgan fingerprint density at radius 1 is 1.33 bits per heavy atom. The Bertz CT molecular complexity index is 512. The maximum absolute atomic E-state index is 10.6. The standard InChI is InChI=1S/C8H9ClN6O2.ClH/c9-5-2-1-4(3-6(5)15(16)17)13-8(12)14-7(10)11;/h1-3H,(H6,10,11,12,13,14);1H. The number of nitrogens with zero attached hydrogens (tertiary/aromatic N) is 3. The van der Waals surface area contributed by atoms with Gasteiger partial charge in [0.1, 0.15) is 5.02 Å². The molecule has 0 aromatic heterocycles. The summed E-state index contributed by atoms with van der Waals surface area (Å²) in [5.74, 6) is -0.462.